The summed E-state index contributed by atoms with van der Waals surface area (Å²) in [6, 6.07) is 12.1. The molecule has 3 aromatic heterocycles. The fourth-order valence-corrected chi connectivity index (χ4v) is 5.43. The number of amides is 2. The number of benzene rings is 1. The number of nitrogens with zero attached hydrogens (tertiary/aromatic N) is 6. The maximum Gasteiger partial charge on any atom is 0.313 e. The molecule has 1 fully saturated rings. The predicted molar refractivity (Wildman–Crippen MR) is 129 cm³/mol. The fourth-order valence-electron chi connectivity index (χ4n) is 5.43. The largest absolute Gasteiger partial charge is 0.329 e. The van der Waals surface area contributed by atoms with E-state index in [1.165, 1.54) is 5.56 Å². The van der Waals surface area contributed by atoms with E-state index in [4.69, 9.17) is 5.10 Å². The van der Waals surface area contributed by atoms with Gasteiger partial charge in [-0.05, 0) is 25.0 Å². The van der Waals surface area contributed by atoms with Crippen molar-refractivity contribution in [3.8, 4) is 11.3 Å². The second kappa shape index (κ2) is 7.49. The molecule has 1 N–H and O–H groups in total. The molecule has 2 aliphatic heterocycles. The smallest absolute Gasteiger partial charge is 0.313 e. The fraction of sp³-hybridized carbons (Fsp3) is 0.346. The lowest BCUT2D eigenvalue weighted by Crippen LogP contribution is -2.69. The molecule has 0 aliphatic carbocycles. The number of carbonyl (C=O) groups excluding carboxylic acids is 2. The van der Waals surface area contributed by atoms with Crippen molar-refractivity contribution in [2.24, 2.45) is 0 Å². The van der Waals surface area contributed by atoms with Crippen LogP contribution in [0.1, 0.15) is 58.8 Å². The van der Waals surface area contributed by atoms with Gasteiger partial charge in [0.05, 0.1) is 6.54 Å². The Morgan fingerprint density at radius 3 is 2.63 bits per heavy atom. The maximum absolute atomic E-state index is 13.5. The van der Waals surface area contributed by atoms with Gasteiger partial charge in [-0.3, -0.25) is 19.6 Å². The average molecular weight is 471 g/mol. The number of rotatable bonds is 3. The van der Waals surface area contributed by atoms with Gasteiger partial charge in [0.15, 0.2) is 6.20 Å². The Hall–Kier alpha value is -4.01. The summed E-state index contributed by atoms with van der Waals surface area (Å²) in [5, 5.41) is 11.6. The van der Waals surface area contributed by atoms with Gasteiger partial charge >= 0.3 is 11.6 Å². The minimum atomic E-state index is -0.716. The molecule has 9 nitrogen and oxygen atoms in total. The van der Waals surface area contributed by atoms with Crippen LogP contribution in [-0.4, -0.2) is 61.1 Å². The molecule has 0 bridgehead atoms. The standard InChI is InChI=1S/C26H27N7O2/c1-16(2)19-13-21(18-7-5-17(3)6-8-18)29-32-14-22-25(35)31-12-11-30(24(34)20-9-10-27-28-20)15-26(31,4)33(22)23(19)32/h5-10,13-14,16H,11-12,15H2,1-4H3/p+1. The minimum Gasteiger partial charge on any atom is -0.329 e. The zero-order valence-corrected chi connectivity index (χ0v) is 20.3. The number of hydrogen-bond donors (Lipinski definition) is 1. The van der Waals surface area contributed by atoms with E-state index in [-0.39, 0.29) is 17.7 Å². The molecule has 6 rings (SSSR count). The number of imidazole rings is 1. The van der Waals surface area contributed by atoms with Crippen molar-refractivity contribution < 1.29 is 14.2 Å². The molecule has 5 heterocycles. The molecule has 1 unspecified atom stereocenters. The van der Waals surface area contributed by atoms with Gasteiger partial charge < -0.3 is 4.90 Å². The summed E-state index contributed by atoms with van der Waals surface area (Å²) >= 11 is 0. The SMILES string of the molecule is Cc1ccc(-c2cc(C(C)C)c3n(cc4[n+]3C3(C)CN(C(=O)c5ccn[nH]5)CCN3C4=O)n2)cc1. The molecule has 1 aromatic carbocycles. The molecule has 0 spiro atoms. The Morgan fingerprint density at radius 1 is 1.17 bits per heavy atom. The highest BCUT2D eigenvalue weighted by Crippen LogP contribution is 2.34. The number of hydrogen-bond acceptors (Lipinski definition) is 4. The highest BCUT2D eigenvalue weighted by molar-refractivity contribution is 5.95. The van der Waals surface area contributed by atoms with Crippen LogP contribution in [0.3, 0.4) is 0 Å². The van der Waals surface area contributed by atoms with Crippen LogP contribution in [0.4, 0.5) is 0 Å². The van der Waals surface area contributed by atoms with Crippen LogP contribution in [0.15, 0.2) is 48.8 Å². The van der Waals surface area contributed by atoms with Crippen LogP contribution in [0.25, 0.3) is 16.9 Å². The number of carbonyl (C=O) groups is 2. The number of piperazine rings is 1. The van der Waals surface area contributed by atoms with Gasteiger partial charge in [-0.25, -0.2) is 0 Å². The second-order valence-electron chi connectivity index (χ2n) is 9.99. The lowest BCUT2D eigenvalue weighted by atomic mass is 10.0. The molecule has 2 amide bonds. The van der Waals surface area contributed by atoms with E-state index in [9.17, 15) is 9.59 Å². The molecular weight excluding hydrogens is 442 g/mol. The quantitative estimate of drug-likeness (QED) is 0.466. The third kappa shape index (κ3) is 3.10. The molecule has 35 heavy (non-hydrogen) atoms. The van der Waals surface area contributed by atoms with Crippen molar-refractivity contribution >= 4 is 17.5 Å². The summed E-state index contributed by atoms with van der Waals surface area (Å²) in [6.07, 6.45) is 3.41. The monoisotopic (exact) mass is 470 g/mol. The van der Waals surface area contributed by atoms with E-state index < -0.39 is 5.66 Å². The van der Waals surface area contributed by atoms with Gasteiger partial charge in [0.2, 0.25) is 11.4 Å². The molecule has 2 aliphatic rings. The number of H-pyrrole nitrogens is 1. The highest BCUT2D eigenvalue weighted by atomic mass is 16.2. The van der Waals surface area contributed by atoms with Crippen molar-refractivity contribution in [1.29, 1.82) is 0 Å². The first-order chi connectivity index (χ1) is 16.8. The van der Waals surface area contributed by atoms with Gasteiger partial charge in [0.25, 0.3) is 5.91 Å². The molecule has 178 valence electrons. The van der Waals surface area contributed by atoms with Crippen molar-refractivity contribution in [2.75, 3.05) is 19.6 Å². The first-order valence-electron chi connectivity index (χ1n) is 11.9. The summed E-state index contributed by atoms with van der Waals surface area (Å²) in [4.78, 5) is 30.3. The Kier molecular flexibility index (Phi) is 4.61. The predicted octanol–water partition coefficient (Wildman–Crippen LogP) is 2.73. The van der Waals surface area contributed by atoms with Gasteiger partial charge in [0, 0.05) is 37.3 Å². The van der Waals surface area contributed by atoms with Gasteiger partial charge in [0.1, 0.15) is 11.4 Å². The molecule has 1 atom stereocenters. The van der Waals surface area contributed by atoms with Crippen molar-refractivity contribution in [1.82, 2.24) is 29.6 Å². The maximum atomic E-state index is 13.5. The third-order valence-corrected chi connectivity index (χ3v) is 7.28. The molecule has 1 saturated heterocycles. The molecule has 0 radical (unpaired) electrons. The van der Waals surface area contributed by atoms with E-state index in [2.05, 4.69) is 65.9 Å². The average Bonchev–Trinajstić information content (AvgIpc) is 3.55. The summed E-state index contributed by atoms with van der Waals surface area (Å²) in [7, 11) is 0. The van der Waals surface area contributed by atoms with Crippen LogP contribution in [0.5, 0.6) is 0 Å². The van der Waals surface area contributed by atoms with Gasteiger partial charge in [-0.2, -0.15) is 9.67 Å². The Bertz CT molecular complexity index is 1470. The van der Waals surface area contributed by atoms with Crippen LogP contribution >= 0.6 is 0 Å². The molecule has 0 saturated carbocycles. The van der Waals surface area contributed by atoms with Crippen molar-refractivity contribution in [3.05, 3.63) is 71.3 Å². The number of fused-ring (bicyclic) bond motifs is 5. The Balaban J connectivity index is 1.50. The highest BCUT2D eigenvalue weighted by Gasteiger charge is 2.57. The summed E-state index contributed by atoms with van der Waals surface area (Å²) < 4.78 is 3.93. The van der Waals surface area contributed by atoms with Crippen molar-refractivity contribution in [3.63, 3.8) is 0 Å². The van der Waals surface area contributed by atoms with Crippen LogP contribution in [-0.2, 0) is 5.66 Å². The molecular formula is C26H28N7O2+. The van der Waals surface area contributed by atoms with Crippen LogP contribution in [0, 0.1) is 6.92 Å². The Morgan fingerprint density at radius 2 is 1.94 bits per heavy atom. The lowest BCUT2D eigenvalue weighted by Gasteiger charge is -2.42. The van der Waals surface area contributed by atoms with E-state index >= 15 is 0 Å². The van der Waals surface area contributed by atoms with E-state index in [1.807, 2.05) is 22.5 Å². The van der Waals surface area contributed by atoms with Gasteiger partial charge in [-0.15, -0.1) is 0 Å². The third-order valence-electron chi connectivity index (χ3n) is 7.28. The number of aromatic nitrogens is 5. The van der Waals surface area contributed by atoms with E-state index in [0.717, 1.165) is 22.5 Å². The van der Waals surface area contributed by atoms with E-state index in [0.29, 0.717) is 31.0 Å². The topological polar surface area (TPSA) is 90.5 Å². The summed E-state index contributed by atoms with van der Waals surface area (Å²) in [5.74, 6) is 0.0609. The van der Waals surface area contributed by atoms with E-state index in [1.54, 1.807) is 17.2 Å². The molecule has 9 heteroatoms. The zero-order valence-electron chi connectivity index (χ0n) is 20.3. The number of aryl methyl sites for hydroxylation is 1. The van der Waals surface area contributed by atoms with Crippen LogP contribution < -0.4 is 4.57 Å². The number of aromatic amines is 1. The first-order valence-corrected chi connectivity index (χ1v) is 11.9. The normalized spacial score (nSPS) is 19.5. The lowest BCUT2D eigenvalue weighted by molar-refractivity contribution is -0.749. The summed E-state index contributed by atoms with van der Waals surface area (Å²) in [5.41, 5.74) is 5.42. The number of nitrogens with one attached hydrogen (secondary N) is 1. The Labute approximate surface area is 203 Å². The molecule has 4 aromatic rings. The van der Waals surface area contributed by atoms with Crippen molar-refractivity contribution in [2.45, 2.75) is 39.3 Å². The van der Waals surface area contributed by atoms with Gasteiger partial charge in [-0.1, -0.05) is 53.3 Å². The summed E-state index contributed by atoms with van der Waals surface area (Å²) in [6.45, 7) is 9.73. The first kappa shape index (κ1) is 21.5. The van der Waals surface area contributed by atoms with Crippen LogP contribution in [0.2, 0.25) is 0 Å². The minimum absolute atomic E-state index is 0.0294. The zero-order chi connectivity index (χ0) is 24.5. The second-order valence-corrected chi connectivity index (χ2v) is 9.99.